The van der Waals surface area contributed by atoms with Crippen LogP contribution in [0.5, 0.6) is 0 Å². The van der Waals surface area contributed by atoms with Gasteiger partial charge < -0.3 is 10.4 Å². The molecule has 0 aliphatic rings. The van der Waals surface area contributed by atoms with Gasteiger partial charge in [-0.25, -0.2) is 14.0 Å². The van der Waals surface area contributed by atoms with Crippen LogP contribution < -0.4 is 10.6 Å². The molecule has 0 atom stereocenters. The fraction of sp³-hybridized carbons (Fsp3) is 0.214. The topological polar surface area (TPSA) is 95.5 Å². The molecule has 3 N–H and O–H groups in total. The Morgan fingerprint density at radius 1 is 1.19 bits per heavy atom. The van der Waals surface area contributed by atoms with Crippen molar-refractivity contribution in [1.82, 2.24) is 10.6 Å². The molecule has 0 fully saturated rings. The van der Waals surface area contributed by atoms with E-state index in [0.29, 0.717) is 5.56 Å². The predicted molar refractivity (Wildman–Crippen MR) is 72.8 cm³/mol. The van der Waals surface area contributed by atoms with Crippen LogP contribution in [-0.2, 0) is 16.1 Å². The van der Waals surface area contributed by atoms with Crippen molar-refractivity contribution < 1.29 is 23.9 Å². The van der Waals surface area contributed by atoms with E-state index in [1.807, 2.05) is 5.32 Å². The smallest absolute Gasteiger partial charge is 0.331 e. The van der Waals surface area contributed by atoms with Gasteiger partial charge in [0, 0.05) is 17.7 Å². The van der Waals surface area contributed by atoms with Crippen molar-refractivity contribution in [2.75, 3.05) is 0 Å². The first-order valence-electron chi connectivity index (χ1n) is 6.05. The van der Waals surface area contributed by atoms with Gasteiger partial charge in [-0.05, 0) is 31.5 Å². The molecule has 0 heterocycles. The number of carbonyl (C=O) groups excluding carboxylic acids is 2. The van der Waals surface area contributed by atoms with Gasteiger partial charge in [0.15, 0.2) is 0 Å². The van der Waals surface area contributed by atoms with E-state index in [9.17, 15) is 18.8 Å². The monoisotopic (exact) mass is 294 g/mol. The van der Waals surface area contributed by atoms with Crippen molar-refractivity contribution in [3.05, 3.63) is 46.8 Å². The van der Waals surface area contributed by atoms with E-state index in [1.54, 1.807) is 6.07 Å². The highest BCUT2D eigenvalue weighted by atomic mass is 19.1. The number of hydrogen-bond acceptors (Lipinski definition) is 3. The van der Waals surface area contributed by atoms with Crippen LogP contribution in [0.1, 0.15) is 19.4 Å². The van der Waals surface area contributed by atoms with E-state index in [4.69, 9.17) is 5.11 Å². The zero-order chi connectivity index (χ0) is 16.0. The predicted octanol–water partition coefficient (Wildman–Crippen LogP) is 1.57. The molecule has 0 aliphatic heterocycles. The summed E-state index contributed by atoms with van der Waals surface area (Å²) < 4.78 is 12.9. The minimum atomic E-state index is -1.23. The Balaban J connectivity index is 2.56. The van der Waals surface area contributed by atoms with Gasteiger partial charge in [0.2, 0.25) is 0 Å². The Hall–Kier alpha value is -2.70. The molecule has 0 unspecified atom stereocenters. The lowest BCUT2D eigenvalue weighted by atomic mass is 10.1. The number of carboxylic acids is 1. The number of amides is 3. The molecule has 0 saturated heterocycles. The first-order valence-corrected chi connectivity index (χ1v) is 6.05. The number of halogens is 1. The van der Waals surface area contributed by atoms with Gasteiger partial charge in [-0.2, -0.15) is 0 Å². The lowest BCUT2D eigenvalue weighted by Gasteiger charge is -2.08. The number of benzene rings is 1. The number of imide groups is 1. The summed E-state index contributed by atoms with van der Waals surface area (Å²) in [6.07, 6.45) is 0. The number of carbonyl (C=O) groups is 3. The van der Waals surface area contributed by atoms with Crippen LogP contribution >= 0.6 is 0 Å². The standard InChI is InChI=1S/C14H15FN2O4/c1-8(9(2)13(19)20)12(18)17-14(21)16-7-10-4-3-5-11(15)6-10/h3-6H,7H2,1-2H3,(H,19,20)(H2,16,17,18,21). The Bertz CT molecular complexity index is 611. The van der Waals surface area contributed by atoms with Crippen molar-refractivity contribution in [1.29, 1.82) is 0 Å². The molecule has 0 saturated carbocycles. The number of carboxylic acid groups (broad SMARTS) is 1. The molecule has 0 radical (unpaired) electrons. The first-order chi connectivity index (χ1) is 9.81. The highest BCUT2D eigenvalue weighted by Gasteiger charge is 2.14. The Morgan fingerprint density at radius 3 is 2.43 bits per heavy atom. The normalized spacial score (nSPS) is 11.4. The Kier molecular flexibility index (Phi) is 5.59. The molecule has 0 bridgehead atoms. The van der Waals surface area contributed by atoms with Crippen LogP contribution in [0.15, 0.2) is 35.4 Å². The van der Waals surface area contributed by atoms with Gasteiger partial charge in [-0.3, -0.25) is 10.1 Å². The maximum Gasteiger partial charge on any atom is 0.331 e. The lowest BCUT2D eigenvalue weighted by molar-refractivity contribution is -0.133. The number of urea groups is 1. The Morgan fingerprint density at radius 2 is 1.86 bits per heavy atom. The maximum atomic E-state index is 12.9. The summed E-state index contributed by atoms with van der Waals surface area (Å²) in [4.78, 5) is 33.8. The molecule has 1 aromatic carbocycles. The van der Waals surface area contributed by atoms with Gasteiger partial charge >= 0.3 is 12.0 Å². The van der Waals surface area contributed by atoms with E-state index in [0.717, 1.165) is 0 Å². The van der Waals surface area contributed by atoms with Gasteiger partial charge in [-0.15, -0.1) is 0 Å². The molecule has 7 heteroatoms. The van der Waals surface area contributed by atoms with E-state index < -0.39 is 23.7 Å². The number of aliphatic carboxylic acids is 1. The second-order valence-electron chi connectivity index (χ2n) is 4.32. The third-order valence-corrected chi connectivity index (χ3v) is 2.79. The summed E-state index contributed by atoms with van der Waals surface area (Å²) >= 11 is 0. The fourth-order valence-electron chi connectivity index (χ4n) is 1.40. The largest absolute Gasteiger partial charge is 0.478 e. The van der Waals surface area contributed by atoms with Crippen LogP contribution in [0.25, 0.3) is 0 Å². The summed E-state index contributed by atoms with van der Waals surface area (Å²) in [6, 6.07) is 4.85. The lowest BCUT2D eigenvalue weighted by Crippen LogP contribution is -2.39. The van der Waals surface area contributed by atoms with Crippen molar-refractivity contribution in [2.45, 2.75) is 20.4 Å². The minimum Gasteiger partial charge on any atom is -0.478 e. The van der Waals surface area contributed by atoms with Crippen LogP contribution in [0.4, 0.5) is 9.18 Å². The molecule has 6 nitrogen and oxygen atoms in total. The van der Waals surface area contributed by atoms with Gasteiger partial charge in [0.1, 0.15) is 5.82 Å². The number of hydrogen-bond donors (Lipinski definition) is 3. The summed E-state index contributed by atoms with van der Waals surface area (Å²) in [5.41, 5.74) is 0.320. The zero-order valence-corrected chi connectivity index (χ0v) is 11.6. The Labute approximate surface area is 120 Å². The van der Waals surface area contributed by atoms with Crippen molar-refractivity contribution in [2.24, 2.45) is 0 Å². The number of rotatable bonds is 4. The molecular formula is C14H15FN2O4. The molecule has 0 aromatic heterocycles. The van der Waals surface area contributed by atoms with Gasteiger partial charge in [0.25, 0.3) is 5.91 Å². The fourth-order valence-corrected chi connectivity index (χ4v) is 1.40. The minimum absolute atomic E-state index is 0.0392. The van der Waals surface area contributed by atoms with Crippen molar-refractivity contribution in [3.8, 4) is 0 Å². The summed E-state index contributed by atoms with van der Waals surface area (Å²) in [5, 5.41) is 13.1. The summed E-state index contributed by atoms with van der Waals surface area (Å²) in [5.74, 6) is -2.46. The third kappa shape index (κ3) is 5.06. The molecule has 1 aromatic rings. The molecule has 21 heavy (non-hydrogen) atoms. The first kappa shape index (κ1) is 16.4. The quantitative estimate of drug-likeness (QED) is 0.734. The summed E-state index contributed by atoms with van der Waals surface area (Å²) in [7, 11) is 0. The molecular weight excluding hydrogens is 279 g/mol. The van der Waals surface area contributed by atoms with E-state index in [1.165, 1.54) is 32.0 Å². The van der Waals surface area contributed by atoms with Crippen molar-refractivity contribution in [3.63, 3.8) is 0 Å². The molecule has 3 amide bonds. The second kappa shape index (κ2) is 7.18. The maximum absolute atomic E-state index is 12.9. The molecule has 112 valence electrons. The van der Waals surface area contributed by atoms with E-state index in [-0.39, 0.29) is 17.7 Å². The average Bonchev–Trinajstić information content (AvgIpc) is 2.43. The van der Waals surface area contributed by atoms with Crippen LogP contribution in [-0.4, -0.2) is 23.0 Å². The van der Waals surface area contributed by atoms with Gasteiger partial charge in [-0.1, -0.05) is 12.1 Å². The van der Waals surface area contributed by atoms with Gasteiger partial charge in [0.05, 0.1) is 0 Å². The van der Waals surface area contributed by atoms with Crippen molar-refractivity contribution >= 4 is 17.9 Å². The second-order valence-corrected chi connectivity index (χ2v) is 4.32. The van der Waals surface area contributed by atoms with Crippen LogP contribution in [0.2, 0.25) is 0 Å². The van der Waals surface area contributed by atoms with Crippen LogP contribution in [0.3, 0.4) is 0 Å². The van der Waals surface area contributed by atoms with E-state index in [2.05, 4.69) is 5.32 Å². The summed E-state index contributed by atoms with van der Waals surface area (Å²) in [6.45, 7) is 2.61. The number of nitrogens with one attached hydrogen (secondary N) is 2. The molecule has 0 aliphatic carbocycles. The highest BCUT2D eigenvalue weighted by Crippen LogP contribution is 2.04. The average molecular weight is 294 g/mol. The third-order valence-electron chi connectivity index (χ3n) is 2.79. The highest BCUT2D eigenvalue weighted by molar-refractivity contribution is 6.07. The van der Waals surface area contributed by atoms with Crippen LogP contribution in [0, 0.1) is 5.82 Å². The molecule has 1 rings (SSSR count). The SMILES string of the molecule is CC(C(=O)O)=C(C)C(=O)NC(=O)NCc1cccc(F)c1. The molecule has 0 spiro atoms. The van der Waals surface area contributed by atoms with E-state index >= 15 is 0 Å². The zero-order valence-electron chi connectivity index (χ0n) is 11.6.